The van der Waals surface area contributed by atoms with Gasteiger partial charge in [-0.05, 0) is 55.3 Å². The Morgan fingerprint density at radius 1 is 1.14 bits per heavy atom. The maximum absolute atomic E-state index is 12.2. The molecule has 7 nitrogen and oxygen atoms in total. The molecule has 0 spiro atoms. The summed E-state index contributed by atoms with van der Waals surface area (Å²) in [6.07, 6.45) is 1.54. The maximum Gasteiger partial charge on any atom is 0.249 e. The first-order chi connectivity index (χ1) is 13.1. The highest BCUT2D eigenvalue weighted by Crippen LogP contribution is 2.22. The number of sulfonamides is 1. The van der Waals surface area contributed by atoms with E-state index < -0.39 is 15.9 Å². The van der Waals surface area contributed by atoms with Gasteiger partial charge in [-0.25, -0.2) is 8.42 Å². The third-order valence-corrected chi connectivity index (χ3v) is 5.60. The Balaban J connectivity index is 2.01. The average Bonchev–Trinajstić information content (AvgIpc) is 2.60. The molecule has 0 atom stereocenters. The quantitative estimate of drug-likeness (QED) is 0.680. The Morgan fingerprint density at radius 2 is 1.79 bits per heavy atom. The number of amides is 2. The van der Waals surface area contributed by atoms with Crippen molar-refractivity contribution in [2.24, 2.45) is 5.73 Å². The lowest BCUT2D eigenvalue weighted by Gasteiger charge is -2.22. The van der Waals surface area contributed by atoms with E-state index >= 15 is 0 Å². The molecule has 0 saturated carbocycles. The van der Waals surface area contributed by atoms with E-state index in [1.807, 2.05) is 0 Å². The van der Waals surface area contributed by atoms with E-state index in [-0.39, 0.29) is 18.9 Å². The van der Waals surface area contributed by atoms with Crippen LogP contribution in [0.15, 0.2) is 42.5 Å². The summed E-state index contributed by atoms with van der Waals surface area (Å²) in [5, 5.41) is 3.24. The highest BCUT2D eigenvalue weighted by Gasteiger charge is 2.18. The lowest BCUT2D eigenvalue weighted by Crippen LogP contribution is -2.31. The Kier molecular flexibility index (Phi) is 7.04. The first-order valence-electron chi connectivity index (χ1n) is 8.52. The topological polar surface area (TPSA) is 110 Å². The zero-order chi connectivity index (χ0) is 20.9. The van der Waals surface area contributed by atoms with Gasteiger partial charge in [0.05, 0.1) is 11.9 Å². The summed E-state index contributed by atoms with van der Waals surface area (Å²) in [6, 6.07) is 11.3. The van der Waals surface area contributed by atoms with E-state index in [1.54, 1.807) is 49.4 Å². The number of nitrogens with zero attached hydrogens (tertiary/aromatic N) is 1. The second-order valence-corrected chi connectivity index (χ2v) is 8.65. The van der Waals surface area contributed by atoms with Gasteiger partial charge in [0.25, 0.3) is 0 Å². The van der Waals surface area contributed by atoms with Gasteiger partial charge in [-0.1, -0.05) is 17.7 Å². The third-order valence-electron chi connectivity index (χ3n) is 4.15. The molecule has 0 fully saturated rings. The van der Waals surface area contributed by atoms with Gasteiger partial charge in [-0.2, -0.15) is 0 Å². The highest BCUT2D eigenvalue weighted by molar-refractivity contribution is 7.92. The normalized spacial score (nSPS) is 11.1. The maximum atomic E-state index is 12.2. The Bertz CT molecular complexity index is 975. The standard InChI is InChI=1S/C19H22ClN3O4S/c1-13-16(19(21)25)5-3-6-17(13)22-18(24)7-4-12-23(28(2,26)27)15-10-8-14(20)9-11-15/h3,5-6,8-11H,4,7,12H2,1-2H3,(H2,21,25)(H,22,24). The molecule has 0 aromatic heterocycles. The largest absolute Gasteiger partial charge is 0.366 e. The highest BCUT2D eigenvalue weighted by atomic mass is 35.5. The summed E-state index contributed by atoms with van der Waals surface area (Å²) in [5.74, 6) is -0.852. The van der Waals surface area contributed by atoms with Gasteiger partial charge in [0.2, 0.25) is 21.8 Å². The molecule has 0 aliphatic rings. The summed E-state index contributed by atoms with van der Waals surface area (Å²) in [4.78, 5) is 23.6. The fourth-order valence-corrected chi connectivity index (χ4v) is 3.82. The number of hydrogen-bond acceptors (Lipinski definition) is 4. The molecule has 28 heavy (non-hydrogen) atoms. The average molecular weight is 424 g/mol. The van der Waals surface area contributed by atoms with Gasteiger partial charge < -0.3 is 11.1 Å². The number of rotatable bonds is 8. The van der Waals surface area contributed by atoms with Crippen molar-refractivity contribution in [3.8, 4) is 0 Å². The molecule has 150 valence electrons. The molecule has 0 heterocycles. The van der Waals surface area contributed by atoms with Gasteiger partial charge >= 0.3 is 0 Å². The van der Waals surface area contributed by atoms with Crippen LogP contribution in [0.2, 0.25) is 5.02 Å². The number of carbonyl (C=O) groups excluding carboxylic acids is 2. The van der Waals surface area contributed by atoms with Crippen molar-refractivity contribution in [2.75, 3.05) is 22.4 Å². The van der Waals surface area contributed by atoms with E-state index in [1.165, 1.54) is 4.31 Å². The van der Waals surface area contributed by atoms with Crippen molar-refractivity contribution in [3.05, 3.63) is 58.6 Å². The van der Waals surface area contributed by atoms with Gasteiger partial charge in [0.15, 0.2) is 0 Å². The Labute approximate surface area is 169 Å². The van der Waals surface area contributed by atoms with Crippen LogP contribution in [-0.4, -0.2) is 33.0 Å². The molecule has 0 aliphatic carbocycles. The number of halogens is 1. The minimum Gasteiger partial charge on any atom is -0.366 e. The number of anilines is 2. The smallest absolute Gasteiger partial charge is 0.249 e. The van der Waals surface area contributed by atoms with Crippen LogP contribution in [0, 0.1) is 6.92 Å². The Morgan fingerprint density at radius 3 is 2.36 bits per heavy atom. The fraction of sp³-hybridized carbons (Fsp3) is 0.263. The van der Waals surface area contributed by atoms with Crippen LogP contribution < -0.4 is 15.4 Å². The lowest BCUT2D eigenvalue weighted by molar-refractivity contribution is -0.116. The first-order valence-corrected chi connectivity index (χ1v) is 10.7. The molecule has 9 heteroatoms. The summed E-state index contributed by atoms with van der Waals surface area (Å²) < 4.78 is 25.4. The SMILES string of the molecule is Cc1c(NC(=O)CCCN(c2ccc(Cl)cc2)S(C)(=O)=O)cccc1C(N)=O. The van der Waals surface area contributed by atoms with E-state index in [2.05, 4.69) is 5.32 Å². The van der Waals surface area contributed by atoms with Crippen LogP contribution >= 0.6 is 11.6 Å². The second-order valence-electron chi connectivity index (χ2n) is 6.31. The molecule has 2 aromatic rings. The molecule has 0 bridgehead atoms. The first kappa shape index (κ1) is 21.7. The zero-order valence-corrected chi connectivity index (χ0v) is 17.2. The van der Waals surface area contributed by atoms with Gasteiger partial charge in [-0.3, -0.25) is 13.9 Å². The number of primary amides is 1. The summed E-state index contributed by atoms with van der Waals surface area (Å²) in [5.41, 5.74) is 7.22. The predicted octanol–water partition coefficient (Wildman–Crippen LogP) is 2.93. The van der Waals surface area contributed by atoms with Crippen LogP contribution in [0.1, 0.15) is 28.8 Å². The van der Waals surface area contributed by atoms with Crippen LogP contribution in [-0.2, 0) is 14.8 Å². The molecule has 2 aromatic carbocycles. The fourth-order valence-electron chi connectivity index (χ4n) is 2.73. The van der Waals surface area contributed by atoms with Crippen molar-refractivity contribution in [1.29, 1.82) is 0 Å². The number of carbonyl (C=O) groups is 2. The van der Waals surface area contributed by atoms with Crippen molar-refractivity contribution < 1.29 is 18.0 Å². The summed E-state index contributed by atoms with van der Waals surface area (Å²) in [6.45, 7) is 1.84. The van der Waals surface area contributed by atoms with E-state index in [9.17, 15) is 18.0 Å². The van der Waals surface area contributed by atoms with Crippen molar-refractivity contribution in [3.63, 3.8) is 0 Å². The lowest BCUT2D eigenvalue weighted by atomic mass is 10.1. The number of benzene rings is 2. The van der Waals surface area contributed by atoms with Crippen LogP contribution in [0.25, 0.3) is 0 Å². The molecule has 0 aliphatic heterocycles. The van der Waals surface area contributed by atoms with Crippen molar-refractivity contribution in [1.82, 2.24) is 0 Å². The molecule has 0 saturated heterocycles. The van der Waals surface area contributed by atoms with Gasteiger partial charge in [0.1, 0.15) is 0 Å². The van der Waals surface area contributed by atoms with E-state index in [0.717, 1.165) is 6.26 Å². The second kappa shape index (κ2) is 9.07. The number of hydrogen-bond donors (Lipinski definition) is 2. The van der Waals surface area contributed by atoms with Crippen LogP contribution in [0.4, 0.5) is 11.4 Å². The van der Waals surface area contributed by atoms with Crippen LogP contribution in [0.5, 0.6) is 0 Å². The summed E-state index contributed by atoms with van der Waals surface area (Å²) in [7, 11) is -3.50. The molecule has 0 unspecified atom stereocenters. The Hall–Kier alpha value is -2.58. The zero-order valence-electron chi connectivity index (χ0n) is 15.6. The van der Waals surface area contributed by atoms with Gasteiger partial charge in [-0.15, -0.1) is 0 Å². The number of nitrogens with one attached hydrogen (secondary N) is 1. The molecule has 0 radical (unpaired) electrons. The molecular weight excluding hydrogens is 402 g/mol. The van der Waals surface area contributed by atoms with Crippen molar-refractivity contribution >= 4 is 44.8 Å². The van der Waals surface area contributed by atoms with Crippen LogP contribution in [0.3, 0.4) is 0 Å². The molecular formula is C19H22ClN3O4S. The minimum atomic E-state index is -3.50. The van der Waals surface area contributed by atoms with E-state index in [0.29, 0.717) is 33.9 Å². The van der Waals surface area contributed by atoms with Crippen molar-refractivity contribution in [2.45, 2.75) is 19.8 Å². The van der Waals surface area contributed by atoms with Gasteiger partial charge in [0, 0.05) is 29.2 Å². The molecule has 3 N–H and O–H groups in total. The molecule has 2 rings (SSSR count). The minimum absolute atomic E-state index is 0.111. The van der Waals surface area contributed by atoms with E-state index in [4.69, 9.17) is 17.3 Å². The summed E-state index contributed by atoms with van der Waals surface area (Å²) >= 11 is 5.85. The third kappa shape index (κ3) is 5.71. The molecule has 2 amide bonds. The predicted molar refractivity (Wildman–Crippen MR) is 111 cm³/mol. The monoisotopic (exact) mass is 423 g/mol. The number of nitrogens with two attached hydrogens (primary N) is 1.